The number of imidazole rings is 1. The molecule has 0 atom stereocenters. The van der Waals surface area contributed by atoms with Crippen molar-refractivity contribution in [3.05, 3.63) is 35.5 Å². The summed E-state index contributed by atoms with van der Waals surface area (Å²) in [5, 5.41) is 0. The van der Waals surface area contributed by atoms with E-state index in [2.05, 4.69) is 9.97 Å². The molecule has 0 aliphatic carbocycles. The summed E-state index contributed by atoms with van der Waals surface area (Å²) in [5.74, 6) is -0.843. The summed E-state index contributed by atoms with van der Waals surface area (Å²) in [6.07, 6.45) is 0. The molecule has 0 fully saturated rings. The van der Waals surface area contributed by atoms with Gasteiger partial charge in [0.05, 0.1) is 5.69 Å². The SMILES string of the molecule is Cc1[nH]c(N)nc1-c1cc(F)ccc1F. The van der Waals surface area contributed by atoms with Crippen LogP contribution in [0.4, 0.5) is 14.7 Å². The Morgan fingerprint density at radius 3 is 2.67 bits per heavy atom. The van der Waals surface area contributed by atoms with Crippen molar-refractivity contribution in [3.63, 3.8) is 0 Å². The van der Waals surface area contributed by atoms with Crippen molar-refractivity contribution in [2.45, 2.75) is 6.92 Å². The van der Waals surface area contributed by atoms with Crippen molar-refractivity contribution in [1.82, 2.24) is 9.97 Å². The number of hydrogen-bond donors (Lipinski definition) is 2. The number of aryl methyl sites for hydroxylation is 1. The van der Waals surface area contributed by atoms with Crippen LogP contribution in [0.2, 0.25) is 0 Å². The number of nitrogens with two attached hydrogens (primary N) is 1. The number of aromatic amines is 1. The topological polar surface area (TPSA) is 54.7 Å². The van der Waals surface area contributed by atoms with Gasteiger partial charge in [0.1, 0.15) is 11.6 Å². The Hall–Kier alpha value is -1.91. The highest BCUT2D eigenvalue weighted by Crippen LogP contribution is 2.25. The van der Waals surface area contributed by atoms with Gasteiger partial charge in [-0.05, 0) is 25.1 Å². The maximum absolute atomic E-state index is 13.4. The number of nitrogen functional groups attached to an aromatic ring is 1. The lowest BCUT2D eigenvalue weighted by molar-refractivity contribution is 0.602. The molecule has 0 radical (unpaired) electrons. The first kappa shape index (κ1) is 9.64. The van der Waals surface area contributed by atoms with Crippen LogP contribution in [0, 0.1) is 18.6 Å². The van der Waals surface area contributed by atoms with E-state index >= 15 is 0 Å². The third-order valence-corrected chi connectivity index (χ3v) is 2.09. The van der Waals surface area contributed by atoms with Crippen LogP contribution in [-0.2, 0) is 0 Å². The summed E-state index contributed by atoms with van der Waals surface area (Å²) in [6, 6.07) is 3.22. The summed E-state index contributed by atoms with van der Waals surface area (Å²) < 4.78 is 26.3. The second kappa shape index (κ2) is 3.34. The number of rotatable bonds is 1. The fourth-order valence-corrected chi connectivity index (χ4v) is 1.42. The van der Waals surface area contributed by atoms with Crippen molar-refractivity contribution in [1.29, 1.82) is 0 Å². The van der Waals surface area contributed by atoms with Gasteiger partial charge in [-0.2, -0.15) is 0 Å². The molecule has 0 bridgehead atoms. The van der Waals surface area contributed by atoms with Gasteiger partial charge in [-0.25, -0.2) is 13.8 Å². The van der Waals surface area contributed by atoms with E-state index < -0.39 is 11.6 Å². The van der Waals surface area contributed by atoms with Crippen molar-refractivity contribution in [2.75, 3.05) is 5.73 Å². The van der Waals surface area contributed by atoms with Crippen molar-refractivity contribution in [3.8, 4) is 11.3 Å². The molecule has 15 heavy (non-hydrogen) atoms. The zero-order chi connectivity index (χ0) is 11.0. The Bertz CT molecular complexity index is 505. The number of aromatic nitrogens is 2. The third kappa shape index (κ3) is 1.68. The van der Waals surface area contributed by atoms with Crippen molar-refractivity contribution >= 4 is 5.95 Å². The molecule has 3 nitrogen and oxygen atoms in total. The highest BCUT2D eigenvalue weighted by molar-refractivity contribution is 5.64. The standard InChI is InChI=1S/C10H9F2N3/c1-5-9(15-10(13)14-5)7-4-6(11)2-3-8(7)12/h2-4H,1H3,(H3,13,14,15). The number of hydrogen-bond acceptors (Lipinski definition) is 2. The van der Waals surface area contributed by atoms with E-state index in [1.807, 2.05) is 0 Å². The highest BCUT2D eigenvalue weighted by atomic mass is 19.1. The molecule has 1 aromatic carbocycles. The van der Waals surface area contributed by atoms with Crippen LogP contribution in [0.1, 0.15) is 5.69 Å². The van der Waals surface area contributed by atoms with Crippen molar-refractivity contribution in [2.24, 2.45) is 0 Å². The van der Waals surface area contributed by atoms with Crippen LogP contribution in [0.15, 0.2) is 18.2 Å². The molecular formula is C10H9F2N3. The molecule has 1 aromatic heterocycles. The largest absolute Gasteiger partial charge is 0.369 e. The first-order chi connectivity index (χ1) is 7.08. The molecule has 0 aliphatic rings. The monoisotopic (exact) mass is 209 g/mol. The number of nitrogens with one attached hydrogen (secondary N) is 1. The minimum Gasteiger partial charge on any atom is -0.369 e. The predicted molar refractivity (Wildman–Crippen MR) is 53.1 cm³/mol. The molecule has 0 amide bonds. The van der Waals surface area contributed by atoms with Crippen LogP contribution < -0.4 is 5.73 Å². The molecule has 0 spiro atoms. The molecule has 0 saturated heterocycles. The molecule has 2 rings (SSSR count). The maximum atomic E-state index is 13.4. The first-order valence-electron chi connectivity index (χ1n) is 4.35. The van der Waals surface area contributed by atoms with Crippen molar-refractivity contribution < 1.29 is 8.78 Å². The average Bonchev–Trinajstić information content (AvgIpc) is 2.50. The average molecular weight is 209 g/mol. The Morgan fingerprint density at radius 2 is 2.07 bits per heavy atom. The van der Waals surface area contributed by atoms with E-state index in [1.165, 1.54) is 0 Å². The lowest BCUT2D eigenvalue weighted by Crippen LogP contribution is -1.89. The van der Waals surface area contributed by atoms with Gasteiger partial charge in [0.15, 0.2) is 5.95 Å². The first-order valence-corrected chi connectivity index (χ1v) is 4.35. The Kier molecular flexibility index (Phi) is 2.15. The van der Waals surface area contributed by atoms with Gasteiger partial charge in [-0.1, -0.05) is 0 Å². The summed E-state index contributed by atoms with van der Waals surface area (Å²) in [6.45, 7) is 1.70. The third-order valence-electron chi connectivity index (χ3n) is 2.09. The predicted octanol–water partition coefficient (Wildman–Crippen LogP) is 2.25. The minimum absolute atomic E-state index is 0.112. The zero-order valence-corrected chi connectivity index (χ0v) is 8.01. The van der Waals surface area contributed by atoms with E-state index in [0.29, 0.717) is 11.4 Å². The molecule has 3 N–H and O–H groups in total. The zero-order valence-electron chi connectivity index (χ0n) is 8.01. The van der Waals surface area contributed by atoms with Gasteiger partial charge in [0.25, 0.3) is 0 Å². The summed E-state index contributed by atoms with van der Waals surface area (Å²) in [4.78, 5) is 6.63. The van der Waals surface area contributed by atoms with Gasteiger partial charge in [0.2, 0.25) is 0 Å². The van der Waals surface area contributed by atoms with Crippen LogP contribution in [-0.4, -0.2) is 9.97 Å². The summed E-state index contributed by atoms with van der Waals surface area (Å²) in [7, 11) is 0. The quantitative estimate of drug-likeness (QED) is 0.756. The lowest BCUT2D eigenvalue weighted by Gasteiger charge is -2.00. The molecule has 2 aromatic rings. The summed E-state index contributed by atoms with van der Waals surface area (Å²) >= 11 is 0. The minimum atomic E-state index is -0.522. The Morgan fingerprint density at radius 1 is 1.33 bits per heavy atom. The molecular weight excluding hydrogens is 200 g/mol. The fourth-order valence-electron chi connectivity index (χ4n) is 1.42. The Balaban J connectivity index is 2.62. The van der Waals surface area contributed by atoms with Gasteiger partial charge in [0, 0.05) is 11.3 Å². The van der Waals surface area contributed by atoms with E-state index in [1.54, 1.807) is 6.92 Å². The van der Waals surface area contributed by atoms with E-state index in [0.717, 1.165) is 18.2 Å². The number of benzene rings is 1. The number of H-pyrrole nitrogens is 1. The highest BCUT2D eigenvalue weighted by Gasteiger charge is 2.12. The van der Waals surface area contributed by atoms with Gasteiger partial charge < -0.3 is 10.7 Å². The van der Waals surface area contributed by atoms with E-state index in [-0.39, 0.29) is 11.5 Å². The lowest BCUT2D eigenvalue weighted by atomic mass is 10.1. The van der Waals surface area contributed by atoms with E-state index in [4.69, 9.17) is 5.73 Å². The Labute approximate surface area is 85.0 Å². The molecule has 1 heterocycles. The molecule has 0 unspecified atom stereocenters. The number of nitrogens with zero attached hydrogens (tertiary/aromatic N) is 1. The fraction of sp³-hybridized carbons (Fsp3) is 0.100. The second-order valence-corrected chi connectivity index (χ2v) is 3.22. The smallest absolute Gasteiger partial charge is 0.198 e. The molecule has 0 saturated carbocycles. The maximum Gasteiger partial charge on any atom is 0.198 e. The second-order valence-electron chi connectivity index (χ2n) is 3.22. The number of halogens is 2. The van der Waals surface area contributed by atoms with Crippen LogP contribution in [0.3, 0.4) is 0 Å². The number of anilines is 1. The van der Waals surface area contributed by atoms with E-state index in [9.17, 15) is 8.78 Å². The molecule has 0 aliphatic heterocycles. The normalized spacial score (nSPS) is 10.6. The van der Waals surface area contributed by atoms with Gasteiger partial charge in [-0.15, -0.1) is 0 Å². The molecule has 78 valence electrons. The molecule has 5 heteroatoms. The van der Waals surface area contributed by atoms with Gasteiger partial charge in [-0.3, -0.25) is 0 Å². The van der Waals surface area contributed by atoms with Crippen LogP contribution in [0.5, 0.6) is 0 Å². The summed E-state index contributed by atoms with van der Waals surface area (Å²) in [5.41, 5.74) is 6.48. The van der Waals surface area contributed by atoms with Gasteiger partial charge >= 0.3 is 0 Å². The van der Waals surface area contributed by atoms with Crippen LogP contribution >= 0.6 is 0 Å². The van der Waals surface area contributed by atoms with Crippen LogP contribution in [0.25, 0.3) is 11.3 Å².